The Bertz CT molecular complexity index is 856. The van der Waals surface area contributed by atoms with Crippen LogP contribution >= 0.6 is 12.2 Å². The van der Waals surface area contributed by atoms with E-state index in [0.717, 1.165) is 23.3 Å². The Morgan fingerprint density at radius 2 is 2.15 bits per heavy atom. The van der Waals surface area contributed by atoms with Crippen molar-refractivity contribution in [1.29, 1.82) is 0 Å². The maximum Gasteiger partial charge on any atom is 0.182 e. The summed E-state index contributed by atoms with van der Waals surface area (Å²) >= 11 is 5.39. The van der Waals surface area contributed by atoms with Crippen LogP contribution < -0.4 is 0 Å². The number of aromatic amines is 1. The van der Waals surface area contributed by atoms with Crippen LogP contribution in [0, 0.1) is 17.5 Å². The van der Waals surface area contributed by atoms with Gasteiger partial charge in [-0.3, -0.25) is 9.25 Å². The van der Waals surface area contributed by atoms with Crippen LogP contribution in [0.4, 0.5) is 4.39 Å². The summed E-state index contributed by atoms with van der Waals surface area (Å²) in [5, 5.41) is 4.43. The molecule has 3 rings (SSSR count). The molecular formula is C14H15FN4S. The summed E-state index contributed by atoms with van der Waals surface area (Å²) in [5.41, 5.74) is 4.08. The Morgan fingerprint density at radius 3 is 2.85 bits per heavy atom. The Balaban J connectivity index is 2.38. The van der Waals surface area contributed by atoms with Gasteiger partial charge in [-0.15, -0.1) is 0 Å². The highest BCUT2D eigenvalue weighted by molar-refractivity contribution is 7.71. The maximum atomic E-state index is 13.7. The summed E-state index contributed by atoms with van der Waals surface area (Å²) in [6.07, 6.45) is 2.74. The van der Waals surface area contributed by atoms with Gasteiger partial charge in [0.05, 0.1) is 22.4 Å². The first kappa shape index (κ1) is 13.1. The average Bonchev–Trinajstić information content (AvgIpc) is 2.89. The summed E-state index contributed by atoms with van der Waals surface area (Å²) < 4.78 is 17.9. The number of aromatic nitrogens is 4. The van der Waals surface area contributed by atoms with Gasteiger partial charge < -0.3 is 4.98 Å². The van der Waals surface area contributed by atoms with Crippen molar-refractivity contribution in [2.45, 2.75) is 20.3 Å². The van der Waals surface area contributed by atoms with Gasteiger partial charge in [0.15, 0.2) is 4.77 Å². The fourth-order valence-corrected chi connectivity index (χ4v) is 2.74. The zero-order valence-electron chi connectivity index (χ0n) is 11.6. The van der Waals surface area contributed by atoms with E-state index in [1.807, 2.05) is 23.9 Å². The Hall–Kier alpha value is -1.95. The molecule has 4 nitrogen and oxygen atoms in total. The van der Waals surface area contributed by atoms with Gasteiger partial charge in [-0.05, 0) is 43.3 Å². The molecule has 2 aromatic heterocycles. The molecule has 3 aromatic rings. The zero-order chi connectivity index (χ0) is 14.4. The minimum atomic E-state index is -0.234. The van der Waals surface area contributed by atoms with E-state index in [0.29, 0.717) is 15.9 Å². The number of rotatable bonds is 2. The first-order chi connectivity index (χ1) is 9.51. The van der Waals surface area contributed by atoms with E-state index >= 15 is 0 Å². The highest BCUT2D eigenvalue weighted by Crippen LogP contribution is 2.24. The Kier molecular flexibility index (Phi) is 2.97. The molecule has 0 fully saturated rings. The van der Waals surface area contributed by atoms with Crippen LogP contribution in [0.25, 0.3) is 16.7 Å². The van der Waals surface area contributed by atoms with E-state index in [1.165, 1.54) is 6.07 Å². The van der Waals surface area contributed by atoms with E-state index in [1.54, 1.807) is 11.6 Å². The molecule has 104 valence electrons. The molecule has 6 heteroatoms. The average molecular weight is 290 g/mol. The van der Waals surface area contributed by atoms with E-state index in [2.05, 4.69) is 17.0 Å². The van der Waals surface area contributed by atoms with Crippen LogP contribution in [-0.4, -0.2) is 19.3 Å². The Labute approximate surface area is 120 Å². The van der Waals surface area contributed by atoms with Gasteiger partial charge in [0, 0.05) is 13.2 Å². The molecular weight excluding hydrogens is 275 g/mol. The summed E-state index contributed by atoms with van der Waals surface area (Å²) in [4.78, 5) is 3.05. The first-order valence-electron chi connectivity index (χ1n) is 6.45. The van der Waals surface area contributed by atoms with Crippen LogP contribution in [0.2, 0.25) is 0 Å². The lowest BCUT2D eigenvalue weighted by atomic mass is 10.2. The van der Waals surface area contributed by atoms with Crippen molar-refractivity contribution in [1.82, 2.24) is 19.3 Å². The molecule has 1 aromatic carbocycles. The van der Waals surface area contributed by atoms with Crippen molar-refractivity contribution in [3.05, 3.63) is 40.2 Å². The molecule has 0 aliphatic rings. The minimum Gasteiger partial charge on any atom is -0.330 e. The summed E-state index contributed by atoms with van der Waals surface area (Å²) in [7, 11) is 1.88. The highest BCUT2D eigenvalue weighted by atomic mass is 32.1. The fraction of sp³-hybridized carbons (Fsp3) is 0.286. The number of benzene rings is 1. The lowest BCUT2D eigenvalue weighted by molar-refractivity contribution is 0.620. The second-order valence-electron chi connectivity index (χ2n) is 4.87. The van der Waals surface area contributed by atoms with E-state index < -0.39 is 0 Å². The smallest absolute Gasteiger partial charge is 0.182 e. The van der Waals surface area contributed by atoms with E-state index in [9.17, 15) is 4.39 Å². The van der Waals surface area contributed by atoms with Crippen molar-refractivity contribution in [3.63, 3.8) is 0 Å². The number of aryl methyl sites for hydroxylation is 3. The first-order valence-corrected chi connectivity index (χ1v) is 6.86. The standard InChI is InChI=1S/C14H15FN4S/c1-4-10-13(7-18(3)17-10)19-12-5-8(2)9(15)6-11(12)16-14(19)20/h5-7H,4H2,1-3H3,(H,16,20). The van der Waals surface area contributed by atoms with Crippen molar-refractivity contribution >= 4 is 23.3 Å². The molecule has 0 spiro atoms. The van der Waals surface area contributed by atoms with Crippen LogP contribution in [-0.2, 0) is 13.5 Å². The third kappa shape index (κ3) is 1.87. The quantitative estimate of drug-likeness (QED) is 0.734. The lowest BCUT2D eigenvalue weighted by Gasteiger charge is -2.04. The van der Waals surface area contributed by atoms with Crippen LogP contribution in [0.1, 0.15) is 18.2 Å². The maximum absolute atomic E-state index is 13.7. The van der Waals surface area contributed by atoms with Crippen molar-refractivity contribution in [2.75, 3.05) is 0 Å². The molecule has 2 heterocycles. The second kappa shape index (κ2) is 4.56. The van der Waals surface area contributed by atoms with Crippen molar-refractivity contribution in [2.24, 2.45) is 7.05 Å². The number of hydrogen-bond acceptors (Lipinski definition) is 2. The molecule has 0 amide bonds. The molecule has 0 saturated heterocycles. The molecule has 0 unspecified atom stereocenters. The topological polar surface area (TPSA) is 38.5 Å². The SMILES string of the molecule is CCc1nn(C)cc1-n1c(=S)[nH]c2cc(F)c(C)cc21. The highest BCUT2D eigenvalue weighted by Gasteiger charge is 2.14. The second-order valence-corrected chi connectivity index (χ2v) is 5.26. The van der Waals surface area contributed by atoms with Gasteiger partial charge >= 0.3 is 0 Å². The fourth-order valence-electron chi connectivity index (χ4n) is 2.43. The third-order valence-electron chi connectivity index (χ3n) is 3.42. The number of imidazole rings is 1. The molecule has 1 N–H and O–H groups in total. The van der Waals surface area contributed by atoms with E-state index in [4.69, 9.17) is 12.2 Å². The van der Waals surface area contributed by atoms with Crippen molar-refractivity contribution < 1.29 is 4.39 Å². The van der Waals surface area contributed by atoms with E-state index in [-0.39, 0.29) is 5.82 Å². The summed E-state index contributed by atoms with van der Waals surface area (Å²) in [6.45, 7) is 3.80. The molecule has 0 saturated carbocycles. The van der Waals surface area contributed by atoms with Crippen LogP contribution in [0.15, 0.2) is 18.3 Å². The van der Waals surface area contributed by atoms with Gasteiger partial charge in [0.25, 0.3) is 0 Å². The van der Waals surface area contributed by atoms with Crippen LogP contribution in [0.5, 0.6) is 0 Å². The monoisotopic (exact) mass is 290 g/mol. The number of hydrogen-bond donors (Lipinski definition) is 1. The van der Waals surface area contributed by atoms with Gasteiger partial charge in [0.2, 0.25) is 0 Å². The molecule has 0 atom stereocenters. The molecule has 0 aliphatic carbocycles. The summed E-state index contributed by atoms with van der Waals surface area (Å²) in [6, 6.07) is 3.29. The third-order valence-corrected chi connectivity index (χ3v) is 3.71. The molecule has 0 aliphatic heterocycles. The number of fused-ring (bicyclic) bond motifs is 1. The normalized spacial score (nSPS) is 11.4. The van der Waals surface area contributed by atoms with Gasteiger partial charge in [0.1, 0.15) is 5.82 Å². The van der Waals surface area contributed by atoms with Crippen LogP contribution in [0.3, 0.4) is 0 Å². The molecule has 0 radical (unpaired) electrons. The number of halogens is 1. The number of H-pyrrole nitrogens is 1. The predicted molar refractivity (Wildman–Crippen MR) is 79.3 cm³/mol. The number of nitrogens with one attached hydrogen (secondary N) is 1. The molecule has 20 heavy (non-hydrogen) atoms. The molecule has 0 bridgehead atoms. The van der Waals surface area contributed by atoms with Crippen molar-refractivity contribution in [3.8, 4) is 5.69 Å². The largest absolute Gasteiger partial charge is 0.330 e. The minimum absolute atomic E-state index is 0.234. The number of nitrogens with zero attached hydrogens (tertiary/aromatic N) is 3. The lowest BCUT2D eigenvalue weighted by Crippen LogP contribution is -1.97. The summed E-state index contributed by atoms with van der Waals surface area (Å²) in [5.74, 6) is -0.234. The zero-order valence-corrected chi connectivity index (χ0v) is 12.4. The Morgan fingerprint density at radius 1 is 1.40 bits per heavy atom. The predicted octanol–water partition coefficient (Wildman–Crippen LogP) is 3.43. The van der Waals surface area contributed by atoms with Gasteiger partial charge in [-0.2, -0.15) is 5.10 Å². The van der Waals surface area contributed by atoms with Gasteiger partial charge in [-0.25, -0.2) is 4.39 Å². The van der Waals surface area contributed by atoms with Gasteiger partial charge in [-0.1, -0.05) is 6.92 Å².